The molecule has 1 saturated carbocycles. The van der Waals surface area contributed by atoms with Gasteiger partial charge in [-0.15, -0.1) is 0 Å². The Morgan fingerprint density at radius 3 is 2.92 bits per heavy atom. The summed E-state index contributed by atoms with van der Waals surface area (Å²) in [7, 11) is 3.68. The van der Waals surface area contributed by atoms with Crippen molar-refractivity contribution in [2.45, 2.75) is 50.0 Å². The molecule has 1 amide bonds. The van der Waals surface area contributed by atoms with Crippen molar-refractivity contribution in [1.29, 1.82) is 0 Å². The molecule has 1 N–H and O–H groups in total. The maximum atomic E-state index is 12.8. The third-order valence-corrected chi connectivity index (χ3v) is 5.49. The highest BCUT2D eigenvalue weighted by Crippen LogP contribution is 2.42. The Balaban J connectivity index is 1.62. The largest absolute Gasteiger partial charge is 0.393 e. The van der Waals surface area contributed by atoms with Crippen molar-refractivity contribution >= 4 is 5.91 Å². The number of carbonyl (C=O) groups is 1. The van der Waals surface area contributed by atoms with E-state index in [9.17, 15) is 9.90 Å². The first kappa shape index (κ1) is 17.3. The first-order valence-corrected chi connectivity index (χ1v) is 8.64. The second-order valence-electron chi connectivity index (χ2n) is 7.08. The minimum Gasteiger partial charge on any atom is -0.393 e. The number of hydrogen-bond donors (Lipinski definition) is 1. The highest BCUT2D eigenvalue weighted by Gasteiger charge is 2.52. The number of fused-ring (bicyclic) bond motifs is 1. The first-order valence-electron chi connectivity index (χ1n) is 8.64. The van der Waals surface area contributed by atoms with Gasteiger partial charge in [0.1, 0.15) is 0 Å². The fraction of sp³-hybridized carbons (Fsp3) is 0.667. The van der Waals surface area contributed by atoms with Crippen LogP contribution in [0.1, 0.15) is 31.2 Å². The summed E-state index contributed by atoms with van der Waals surface area (Å²) in [6.45, 7) is 1.80. The van der Waals surface area contributed by atoms with Gasteiger partial charge < -0.3 is 14.7 Å². The topological polar surface area (TPSA) is 65.9 Å². The van der Waals surface area contributed by atoms with E-state index >= 15 is 0 Å². The number of carbonyl (C=O) groups excluding carboxylic acids is 1. The summed E-state index contributed by atoms with van der Waals surface area (Å²) in [4.78, 5) is 20.8. The number of rotatable bonds is 5. The number of ether oxygens (including phenoxy) is 1. The Morgan fingerprint density at radius 2 is 2.21 bits per heavy atom. The van der Waals surface area contributed by atoms with Crippen molar-refractivity contribution in [3.8, 4) is 0 Å². The van der Waals surface area contributed by atoms with E-state index in [4.69, 9.17) is 4.74 Å². The van der Waals surface area contributed by atoms with Gasteiger partial charge in [0.15, 0.2) is 0 Å². The van der Waals surface area contributed by atoms with Gasteiger partial charge in [0.05, 0.1) is 24.3 Å². The molecule has 1 aliphatic carbocycles. The predicted molar refractivity (Wildman–Crippen MR) is 90.3 cm³/mol. The van der Waals surface area contributed by atoms with Crippen LogP contribution in [0.25, 0.3) is 0 Å². The molecule has 2 aliphatic rings. The van der Waals surface area contributed by atoms with Crippen LogP contribution >= 0.6 is 0 Å². The van der Waals surface area contributed by atoms with Crippen LogP contribution in [0.3, 0.4) is 0 Å². The summed E-state index contributed by atoms with van der Waals surface area (Å²) in [6, 6.07) is 3.92. The number of likely N-dealkylation sites (N-methyl/N-ethyl adjacent to an activating group) is 1. The van der Waals surface area contributed by atoms with Gasteiger partial charge in [-0.05, 0) is 50.4 Å². The highest BCUT2D eigenvalue weighted by molar-refractivity contribution is 5.79. The van der Waals surface area contributed by atoms with Gasteiger partial charge in [-0.3, -0.25) is 14.7 Å². The van der Waals surface area contributed by atoms with Gasteiger partial charge in [0.25, 0.3) is 0 Å². The van der Waals surface area contributed by atoms with Crippen LogP contribution in [0.4, 0.5) is 0 Å². The average molecular weight is 333 g/mol. The Bertz CT molecular complexity index is 568. The SMILES string of the molecule is CO[C@@]12CC[C@H](O)C[C@@H]1N(C(=O)CN(C)Cc1ccncc1)CC2. The molecule has 0 radical (unpaired) electrons. The third kappa shape index (κ3) is 3.45. The van der Waals surface area contributed by atoms with Gasteiger partial charge in [0, 0.05) is 32.6 Å². The lowest BCUT2D eigenvalue weighted by atomic mass is 9.79. The molecular formula is C18H27N3O3. The molecule has 0 bridgehead atoms. The van der Waals surface area contributed by atoms with Crippen LogP contribution in [0.15, 0.2) is 24.5 Å². The Hall–Kier alpha value is -1.50. The van der Waals surface area contributed by atoms with Crippen molar-refractivity contribution in [2.75, 3.05) is 27.2 Å². The molecule has 0 spiro atoms. The minimum absolute atomic E-state index is 0.00641. The summed E-state index contributed by atoms with van der Waals surface area (Å²) in [5.74, 6) is 0.115. The molecule has 2 heterocycles. The van der Waals surface area contributed by atoms with E-state index in [0.717, 1.165) is 24.8 Å². The second kappa shape index (κ2) is 7.17. The molecule has 2 fully saturated rings. The molecule has 3 rings (SSSR count). The van der Waals surface area contributed by atoms with E-state index < -0.39 is 0 Å². The lowest BCUT2D eigenvalue weighted by Gasteiger charge is -2.42. The quantitative estimate of drug-likeness (QED) is 0.872. The van der Waals surface area contributed by atoms with Crippen molar-refractivity contribution in [2.24, 2.45) is 0 Å². The smallest absolute Gasteiger partial charge is 0.237 e. The number of nitrogens with zero attached hydrogens (tertiary/aromatic N) is 3. The molecule has 3 atom stereocenters. The van der Waals surface area contributed by atoms with Crippen LogP contribution in [0, 0.1) is 0 Å². The molecule has 0 aromatic carbocycles. The van der Waals surface area contributed by atoms with E-state index in [1.54, 1.807) is 19.5 Å². The predicted octanol–water partition coefficient (Wildman–Crippen LogP) is 1.04. The van der Waals surface area contributed by atoms with Gasteiger partial charge in [0.2, 0.25) is 5.91 Å². The highest BCUT2D eigenvalue weighted by atomic mass is 16.5. The average Bonchev–Trinajstić information content (AvgIpc) is 2.95. The van der Waals surface area contributed by atoms with Crippen LogP contribution in [-0.4, -0.2) is 70.8 Å². The zero-order chi connectivity index (χ0) is 17.2. The number of aromatic nitrogens is 1. The molecule has 24 heavy (non-hydrogen) atoms. The molecule has 6 heteroatoms. The molecular weight excluding hydrogens is 306 g/mol. The standard InChI is InChI=1S/C18H27N3O3/c1-20(12-14-4-8-19-9-5-14)13-17(23)21-10-7-18(24-2)6-3-15(22)11-16(18)21/h4-5,8-9,15-16,22H,3,6-7,10-13H2,1-2H3/t15-,16-,18+/m0/s1. The van der Waals surface area contributed by atoms with Gasteiger partial charge >= 0.3 is 0 Å². The van der Waals surface area contributed by atoms with E-state index in [1.165, 1.54) is 0 Å². The van der Waals surface area contributed by atoms with Crippen molar-refractivity contribution < 1.29 is 14.6 Å². The van der Waals surface area contributed by atoms with E-state index in [1.807, 2.05) is 29.0 Å². The van der Waals surface area contributed by atoms with Crippen molar-refractivity contribution in [3.05, 3.63) is 30.1 Å². The fourth-order valence-corrected chi connectivity index (χ4v) is 4.15. The summed E-state index contributed by atoms with van der Waals surface area (Å²) < 4.78 is 5.81. The van der Waals surface area contributed by atoms with Gasteiger partial charge in [-0.1, -0.05) is 0 Å². The number of amides is 1. The van der Waals surface area contributed by atoms with Crippen molar-refractivity contribution in [3.63, 3.8) is 0 Å². The Labute approximate surface area is 143 Å². The Morgan fingerprint density at radius 1 is 1.46 bits per heavy atom. The van der Waals surface area contributed by atoms with Crippen molar-refractivity contribution in [1.82, 2.24) is 14.8 Å². The monoisotopic (exact) mass is 333 g/mol. The number of aliphatic hydroxyl groups excluding tert-OH is 1. The molecule has 1 saturated heterocycles. The summed E-state index contributed by atoms with van der Waals surface area (Å²) in [6.07, 6.45) is 6.26. The number of methoxy groups -OCH3 is 1. The normalized spacial score (nSPS) is 29.8. The minimum atomic E-state index is -0.332. The lowest BCUT2D eigenvalue weighted by Crippen LogP contribution is -2.54. The second-order valence-corrected chi connectivity index (χ2v) is 7.08. The zero-order valence-electron chi connectivity index (χ0n) is 14.5. The summed E-state index contributed by atoms with van der Waals surface area (Å²) >= 11 is 0. The molecule has 1 aromatic heterocycles. The molecule has 132 valence electrons. The molecule has 0 unspecified atom stereocenters. The van der Waals surface area contributed by atoms with Crippen LogP contribution in [0.2, 0.25) is 0 Å². The number of aliphatic hydroxyl groups is 1. The lowest BCUT2D eigenvalue weighted by molar-refractivity contribution is -0.140. The number of likely N-dealkylation sites (tertiary alicyclic amines) is 1. The third-order valence-electron chi connectivity index (χ3n) is 5.49. The molecule has 1 aliphatic heterocycles. The van der Waals surface area contributed by atoms with Crippen LogP contribution in [0.5, 0.6) is 0 Å². The first-order chi connectivity index (χ1) is 11.5. The summed E-state index contributed by atoms with van der Waals surface area (Å²) in [5.41, 5.74) is 0.875. The van der Waals surface area contributed by atoms with Crippen LogP contribution in [-0.2, 0) is 16.1 Å². The summed E-state index contributed by atoms with van der Waals surface area (Å²) in [5, 5.41) is 10.0. The maximum absolute atomic E-state index is 12.8. The van der Waals surface area contributed by atoms with E-state index in [-0.39, 0.29) is 23.7 Å². The molecule has 1 aromatic rings. The molecule has 6 nitrogen and oxygen atoms in total. The van der Waals surface area contributed by atoms with Crippen LogP contribution < -0.4 is 0 Å². The number of hydrogen-bond acceptors (Lipinski definition) is 5. The number of pyridine rings is 1. The van der Waals surface area contributed by atoms with E-state index in [0.29, 0.717) is 26.1 Å². The van der Waals surface area contributed by atoms with Gasteiger partial charge in [-0.2, -0.15) is 0 Å². The fourth-order valence-electron chi connectivity index (χ4n) is 4.15. The zero-order valence-corrected chi connectivity index (χ0v) is 14.5. The maximum Gasteiger partial charge on any atom is 0.237 e. The Kier molecular flexibility index (Phi) is 5.18. The van der Waals surface area contributed by atoms with E-state index in [2.05, 4.69) is 4.98 Å². The van der Waals surface area contributed by atoms with Gasteiger partial charge in [-0.25, -0.2) is 0 Å².